The third-order valence-corrected chi connectivity index (χ3v) is 4.45. The topological polar surface area (TPSA) is 234 Å². The molecule has 10 N–H and O–H groups in total. The van der Waals surface area contributed by atoms with Crippen molar-refractivity contribution in [2.45, 2.75) is 70.1 Å². The SMILES string of the molecule is CC(C)CC(NC(=O)C(N)CCCCN)C(=O)NC(CO)C(=O)NC(CC(=O)O)C(=O)O. The minimum Gasteiger partial charge on any atom is -0.481 e. The predicted molar refractivity (Wildman–Crippen MR) is 113 cm³/mol. The fourth-order valence-corrected chi connectivity index (χ4v) is 2.73. The largest absolute Gasteiger partial charge is 0.481 e. The predicted octanol–water partition coefficient (Wildman–Crippen LogP) is -2.51. The molecule has 184 valence electrons. The molecule has 0 aliphatic heterocycles. The molecule has 0 rings (SSSR count). The number of unbranched alkanes of at least 4 members (excludes halogenated alkanes) is 1. The van der Waals surface area contributed by atoms with Gasteiger partial charge in [0.25, 0.3) is 0 Å². The lowest BCUT2D eigenvalue weighted by Crippen LogP contribution is -2.58. The molecule has 13 heteroatoms. The molecule has 0 aliphatic rings. The van der Waals surface area contributed by atoms with Crippen LogP contribution in [0.2, 0.25) is 0 Å². The third-order valence-electron chi connectivity index (χ3n) is 4.45. The number of rotatable bonds is 16. The van der Waals surface area contributed by atoms with E-state index in [1.165, 1.54) is 0 Å². The van der Waals surface area contributed by atoms with E-state index in [4.69, 9.17) is 21.7 Å². The number of hydrogen-bond acceptors (Lipinski definition) is 8. The van der Waals surface area contributed by atoms with Gasteiger partial charge in [0.05, 0.1) is 19.1 Å². The molecular weight excluding hydrogens is 426 g/mol. The van der Waals surface area contributed by atoms with Gasteiger partial charge < -0.3 is 42.7 Å². The van der Waals surface area contributed by atoms with Gasteiger partial charge in [-0.3, -0.25) is 19.2 Å². The maximum Gasteiger partial charge on any atom is 0.326 e. The highest BCUT2D eigenvalue weighted by Crippen LogP contribution is 2.07. The summed E-state index contributed by atoms with van der Waals surface area (Å²) in [6.07, 6.45) is 1.04. The van der Waals surface area contributed by atoms with Gasteiger partial charge in [0, 0.05) is 0 Å². The lowest BCUT2D eigenvalue weighted by Gasteiger charge is -2.25. The summed E-state index contributed by atoms with van der Waals surface area (Å²) in [4.78, 5) is 59.2. The van der Waals surface area contributed by atoms with Crippen molar-refractivity contribution in [2.75, 3.05) is 13.2 Å². The summed E-state index contributed by atoms with van der Waals surface area (Å²) in [7, 11) is 0. The number of nitrogens with two attached hydrogens (primary N) is 2. The third kappa shape index (κ3) is 11.6. The van der Waals surface area contributed by atoms with E-state index in [1.807, 2.05) is 19.2 Å². The lowest BCUT2D eigenvalue weighted by molar-refractivity contribution is -0.147. The van der Waals surface area contributed by atoms with Gasteiger partial charge >= 0.3 is 11.9 Å². The van der Waals surface area contributed by atoms with Crippen molar-refractivity contribution in [3.05, 3.63) is 0 Å². The van der Waals surface area contributed by atoms with Gasteiger partial charge in [-0.2, -0.15) is 0 Å². The highest BCUT2D eigenvalue weighted by atomic mass is 16.4. The first-order chi connectivity index (χ1) is 14.9. The van der Waals surface area contributed by atoms with Crippen LogP contribution in [-0.2, 0) is 24.0 Å². The molecule has 13 nitrogen and oxygen atoms in total. The Labute approximate surface area is 186 Å². The number of hydrogen-bond donors (Lipinski definition) is 8. The zero-order valence-corrected chi connectivity index (χ0v) is 18.4. The normalized spacial score (nSPS) is 14.7. The second-order valence-electron chi connectivity index (χ2n) is 7.82. The van der Waals surface area contributed by atoms with Crippen molar-refractivity contribution in [1.82, 2.24) is 16.0 Å². The van der Waals surface area contributed by atoms with Crippen molar-refractivity contribution in [3.63, 3.8) is 0 Å². The van der Waals surface area contributed by atoms with Gasteiger partial charge in [-0.15, -0.1) is 0 Å². The van der Waals surface area contributed by atoms with Crippen LogP contribution < -0.4 is 27.4 Å². The highest BCUT2D eigenvalue weighted by molar-refractivity contribution is 5.94. The maximum atomic E-state index is 12.7. The number of aliphatic hydroxyl groups excluding tert-OH is 1. The second-order valence-corrected chi connectivity index (χ2v) is 7.82. The molecule has 0 aliphatic carbocycles. The summed E-state index contributed by atoms with van der Waals surface area (Å²) in [5.41, 5.74) is 11.3. The first-order valence-corrected chi connectivity index (χ1v) is 10.3. The first-order valence-electron chi connectivity index (χ1n) is 10.3. The van der Waals surface area contributed by atoms with Crippen LogP contribution in [0, 0.1) is 5.92 Å². The fourth-order valence-electron chi connectivity index (χ4n) is 2.73. The minimum absolute atomic E-state index is 0.0205. The van der Waals surface area contributed by atoms with Gasteiger partial charge in [0.15, 0.2) is 0 Å². The number of amides is 3. The average molecular weight is 462 g/mol. The Bertz CT molecular complexity index is 658. The summed E-state index contributed by atoms with van der Waals surface area (Å²) in [6, 6.07) is -5.21. The molecule has 32 heavy (non-hydrogen) atoms. The Hall–Kier alpha value is -2.77. The van der Waals surface area contributed by atoms with E-state index in [0.717, 1.165) is 0 Å². The van der Waals surface area contributed by atoms with Crippen molar-refractivity contribution < 1.29 is 39.3 Å². The van der Waals surface area contributed by atoms with Gasteiger partial charge in [-0.05, 0) is 31.7 Å². The van der Waals surface area contributed by atoms with E-state index >= 15 is 0 Å². The molecule has 0 saturated carbocycles. The molecule has 0 heterocycles. The molecule has 4 unspecified atom stereocenters. The molecule has 0 aromatic rings. The molecule has 0 fully saturated rings. The fraction of sp³-hybridized carbons (Fsp3) is 0.737. The van der Waals surface area contributed by atoms with Crippen molar-refractivity contribution in [3.8, 4) is 0 Å². The van der Waals surface area contributed by atoms with Crippen LogP contribution in [0.5, 0.6) is 0 Å². The van der Waals surface area contributed by atoms with Crippen LogP contribution in [0.1, 0.15) is 46.0 Å². The van der Waals surface area contributed by atoms with Crippen molar-refractivity contribution >= 4 is 29.7 Å². The molecule has 4 atom stereocenters. The molecule has 0 aromatic heterocycles. The van der Waals surface area contributed by atoms with Crippen molar-refractivity contribution in [1.29, 1.82) is 0 Å². The van der Waals surface area contributed by atoms with E-state index < -0.39 is 66.9 Å². The number of carbonyl (C=O) groups excluding carboxylic acids is 3. The van der Waals surface area contributed by atoms with Crippen LogP contribution >= 0.6 is 0 Å². The Morgan fingerprint density at radius 1 is 0.844 bits per heavy atom. The smallest absolute Gasteiger partial charge is 0.326 e. The van der Waals surface area contributed by atoms with E-state index in [0.29, 0.717) is 25.8 Å². The number of carboxylic acid groups (broad SMARTS) is 2. The quantitative estimate of drug-likeness (QED) is 0.112. The van der Waals surface area contributed by atoms with E-state index in [9.17, 15) is 29.1 Å². The minimum atomic E-state index is -1.75. The number of aliphatic hydroxyl groups is 1. The lowest BCUT2D eigenvalue weighted by atomic mass is 10.0. The number of carbonyl (C=O) groups is 5. The summed E-state index contributed by atoms with van der Waals surface area (Å²) in [5, 5.41) is 34.0. The van der Waals surface area contributed by atoms with Crippen LogP contribution in [0.15, 0.2) is 0 Å². The molecule has 0 radical (unpaired) electrons. The summed E-state index contributed by atoms with van der Waals surface area (Å²) < 4.78 is 0. The van der Waals surface area contributed by atoms with Crippen LogP contribution in [0.3, 0.4) is 0 Å². The van der Waals surface area contributed by atoms with E-state index in [-0.39, 0.29) is 12.3 Å². The van der Waals surface area contributed by atoms with E-state index in [1.54, 1.807) is 0 Å². The van der Waals surface area contributed by atoms with Gasteiger partial charge in [0.2, 0.25) is 17.7 Å². The number of aliphatic carboxylic acids is 2. The molecule has 0 spiro atoms. The zero-order chi connectivity index (χ0) is 24.8. The molecular formula is C19H35N5O8. The summed E-state index contributed by atoms with van der Waals surface area (Å²) >= 11 is 0. The Kier molecular flexibility index (Phi) is 13.8. The Balaban J connectivity index is 5.18. The standard InChI is InChI=1S/C19H35N5O8/c1-10(2)7-12(22-16(28)11(21)5-3-4-6-20)17(29)24-14(9-25)18(30)23-13(19(31)32)8-15(26)27/h10-14,25H,3-9,20-21H2,1-2H3,(H,22,28)(H,23,30)(H,24,29)(H,26,27)(H,31,32). The van der Waals surface area contributed by atoms with Crippen LogP contribution in [0.25, 0.3) is 0 Å². The van der Waals surface area contributed by atoms with Crippen molar-refractivity contribution in [2.24, 2.45) is 17.4 Å². The van der Waals surface area contributed by atoms with Gasteiger partial charge in [0.1, 0.15) is 18.1 Å². The Morgan fingerprint density at radius 2 is 1.38 bits per heavy atom. The summed E-state index contributed by atoms with van der Waals surface area (Å²) in [5.74, 6) is -5.47. The zero-order valence-electron chi connectivity index (χ0n) is 18.4. The van der Waals surface area contributed by atoms with E-state index in [2.05, 4.69) is 10.6 Å². The Morgan fingerprint density at radius 3 is 1.84 bits per heavy atom. The monoisotopic (exact) mass is 461 g/mol. The summed E-state index contributed by atoms with van der Waals surface area (Å²) in [6.45, 7) is 3.21. The first kappa shape index (κ1) is 29.2. The van der Waals surface area contributed by atoms with Crippen LogP contribution in [-0.4, -0.2) is 82.3 Å². The second kappa shape index (κ2) is 15.1. The highest BCUT2D eigenvalue weighted by Gasteiger charge is 2.31. The maximum absolute atomic E-state index is 12.7. The van der Waals surface area contributed by atoms with Gasteiger partial charge in [-0.1, -0.05) is 20.3 Å². The average Bonchev–Trinajstić information content (AvgIpc) is 2.69. The molecule has 0 bridgehead atoms. The number of nitrogens with one attached hydrogen (secondary N) is 3. The molecule has 3 amide bonds. The molecule has 0 aromatic carbocycles. The molecule has 0 saturated heterocycles. The van der Waals surface area contributed by atoms with Crippen LogP contribution in [0.4, 0.5) is 0 Å². The van der Waals surface area contributed by atoms with Gasteiger partial charge in [-0.25, -0.2) is 4.79 Å². The number of carboxylic acids is 2.